The van der Waals surface area contributed by atoms with E-state index in [0.717, 1.165) is 18.4 Å². The molecule has 1 aromatic carbocycles. The second-order valence-electron chi connectivity index (χ2n) is 5.64. The minimum Gasteiger partial charge on any atom is -0.317 e. The van der Waals surface area contributed by atoms with Gasteiger partial charge in [-0.1, -0.05) is 12.1 Å². The lowest BCUT2D eigenvalue weighted by atomic mass is 9.91. The smallest absolute Gasteiger partial charge is 0.243 e. The van der Waals surface area contributed by atoms with Gasteiger partial charge in [0.2, 0.25) is 10.0 Å². The highest BCUT2D eigenvalue weighted by atomic mass is 32.2. The van der Waals surface area contributed by atoms with E-state index in [-0.39, 0.29) is 0 Å². The van der Waals surface area contributed by atoms with Gasteiger partial charge in [0.15, 0.2) is 0 Å². The van der Waals surface area contributed by atoms with Gasteiger partial charge in [0.05, 0.1) is 4.90 Å². The molecule has 1 N–H and O–H groups in total. The molecule has 1 aliphatic heterocycles. The van der Waals surface area contributed by atoms with Crippen LogP contribution in [0.3, 0.4) is 0 Å². The van der Waals surface area contributed by atoms with Crippen LogP contribution in [-0.2, 0) is 10.0 Å². The van der Waals surface area contributed by atoms with Crippen LogP contribution in [0.4, 0.5) is 0 Å². The van der Waals surface area contributed by atoms with Gasteiger partial charge in [0, 0.05) is 19.1 Å². The highest BCUT2D eigenvalue weighted by Gasteiger charge is 2.30. The number of sulfonamides is 1. The van der Waals surface area contributed by atoms with Crippen LogP contribution in [0.15, 0.2) is 29.2 Å². The number of piperidine rings is 1. The number of benzene rings is 1. The van der Waals surface area contributed by atoms with Gasteiger partial charge in [-0.3, -0.25) is 0 Å². The van der Waals surface area contributed by atoms with Crippen molar-refractivity contribution in [3.8, 4) is 0 Å². The van der Waals surface area contributed by atoms with Crippen molar-refractivity contribution in [3.05, 3.63) is 29.8 Å². The van der Waals surface area contributed by atoms with Crippen molar-refractivity contribution in [3.63, 3.8) is 0 Å². The highest BCUT2D eigenvalue weighted by Crippen LogP contribution is 2.25. The largest absolute Gasteiger partial charge is 0.317 e. The molecule has 1 unspecified atom stereocenters. The molecule has 20 heavy (non-hydrogen) atoms. The molecule has 1 atom stereocenters. The zero-order valence-corrected chi connectivity index (χ0v) is 13.3. The maximum Gasteiger partial charge on any atom is 0.243 e. The van der Waals surface area contributed by atoms with E-state index >= 15 is 0 Å². The Balaban J connectivity index is 2.10. The summed E-state index contributed by atoms with van der Waals surface area (Å²) in [4.78, 5) is 0.414. The first kappa shape index (κ1) is 15.5. The van der Waals surface area contributed by atoms with Gasteiger partial charge in [0.25, 0.3) is 0 Å². The summed E-state index contributed by atoms with van der Waals surface area (Å²) in [5, 5.41) is 3.26. The fourth-order valence-electron chi connectivity index (χ4n) is 2.78. The van der Waals surface area contributed by atoms with Crippen molar-refractivity contribution in [2.24, 2.45) is 5.92 Å². The molecule has 1 heterocycles. The molecule has 0 aromatic heterocycles. The van der Waals surface area contributed by atoms with Crippen LogP contribution in [0.2, 0.25) is 0 Å². The molecule has 4 nitrogen and oxygen atoms in total. The number of aryl methyl sites for hydroxylation is 1. The maximum absolute atomic E-state index is 12.6. The molecule has 0 radical (unpaired) electrons. The fraction of sp³-hybridized carbons (Fsp3) is 0.600. The lowest BCUT2D eigenvalue weighted by Gasteiger charge is -2.34. The zero-order valence-electron chi connectivity index (χ0n) is 12.5. The summed E-state index contributed by atoms with van der Waals surface area (Å²) >= 11 is 0. The molecule has 0 amide bonds. The lowest BCUT2D eigenvalue weighted by molar-refractivity contribution is 0.236. The number of hydrogen-bond donors (Lipinski definition) is 1. The molecule has 1 aromatic rings. The first-order valence-corrected chi connectivity index (χ1v) is 8.63. The molecule has 0 saturated carbocycles. The van der Waals surface area contributed by atoms with E-state index in [0.29, 0.717) is 29.9 Å². The van der Waals surface area contributed by atoms with Crippen LogP contribution in [0.25, 0.3) is 0 Å². The Morgan fingerprint density at radius 2 is 1.95 bits per heavy atom. The van der Waals surface area contributed by atoms with Crippen molar-refractivity contribution in [1.29, 1.82) is 0 Å². The molecule has 2 rings (SSSR count). The topological polar surface area (TPSA) is 49.4 Å². The van der Waals surface area contributed by atoms with E-state index in [1.165, 1.54) is 0 Å². The minimum atomic E-state index is -3.33. The first-order valence-electron chi connectivity index (χ1n) is 7.19. The van der Waals surface area contributed by atoms with Crippen LogP contribution in [0.5, 0.6) is 0 Å². The van der Waals surface area contributed by atoms with E-state index in [9.17, 15) is 8.42 Å². The number of nitrogens with one attached hydrogen (secondary N) is 1. The monoisotopic (exact) mass is 296 g/mol. The number of rotatable bonds is 4. The zero-order chi connectivity index (χ0) is 14.8. The van der Waals surface area contributed by atoms with Gasteiger partial charge in [-0.15, -0.1) is 0 Å². The standard InChI is InChI=1S/C15H24N2O2S/c1-12-5-4-6-15(11-12)20(18,19)17-9-7-14(8-10-17)13(2)16-3/h4-6,11,13-14,16H,7-10H2,1-3H3. The second kappa shape index (κ2) is 6.24. The van der Waals surface area contributed by atoms with Crippen LogP contribution in [-0.4, -0.2) is 38.9 Å². The van der Waals surface area contributed by atoms with Crippen molar-refractivity contribution in [2.45, 2.75) is 37.6 Å². The third kappa shape index (κ3) is 3.22. The van der Waals surface area contributed by atoms with E-state index in [1.54, 1.807) is 22.5 Å². The van der Waals surface area contributed by atoms with Gasteiger partial charge in [-0.2, -0.15) is 4.31 Å². The van der Waals surface area contributed by atoms with Gasteiger partial charge >= 0.3 is 0 Å². The molecule has 1 aliphatic rings. The fourth-order valence-corrected chi connectivity index (χ4v) is 4.35. The molecule has 1 saturated heterocycles. The Labute approximate surface area is 122 Å². The average molecular weight is 296 g/mol. The minimum absolute atomic E-state index is 0.414. The van der Waals surface area contributed by atoms with Crippen LogP contribution in [0, 0.1) is 12.8 Å². The van der Waals surface area contributed by atoms with E-state index in [4.69, 9.17) is 0 Å². The van der Waals surface area contributed by atoms with Crippen LogP contribution < -0.4 is 5.32 Å². The summed E-state index contributed by atoms with van der Waals surface area (Å²) in [7, 11) is -1.37. The third-order valence-electron chi connectivity index (χ3n) is 4.29. The van der Waals surface area contributed by atoms with Crippen molar-refractivity contribution >= 4 is 10.0 Å². The molecule has 0 spiro atoms. The summed E-state index contributed by atoms with van der Waals surface area (Å²) < 4.78 is 26.8. The first-order chi connectivity index (χ1) is 9.45. The predicted octanol–water partition coefficient (Wildman–Crippen LogP) is 2.00. The molecule has 0 aliphatic carbocycles. The quantitative estimate of drug-likeness (QED) is 0.924. The van der Waals surface area contributed by atoms with Crippen LogP contribution >= 0.6 is 0 Å². The van der Waals surface area contributed by atoms with E-state index in [1.807, 2.05) is 20.0 Å². The lowest BCUT2D eigenvalue weighted by Crippen LogP contribution is -2.43. The summed E-state index contributed by atoms with van der Waals surface area (Å²) in [6, 6.07) is 7.60. The molecule has 1 fully saturated rings. The Hall–Kier alpha value is -0.910. The Kier molecular flexibility index (Phi) is 4.83. The summed E-state index contributed by atoms with van der Waals surface area (Å²) in [6.07, 6.45) is 1.85. The number of hydrogen-bond acceptors (Lipinski definition) is 3. The summed E-state index contributed by atoms with van der Waals surface area (Å²) in [5.41, 5.74) is 0.977. The third-order valence-corrected chi connectivity index (χ3v) is 6.18. The van der Waals surface area contributed by atoms with E-state index in [2.05, 4.69) is 12.2 Å². The van der Waals surface area contributed by atoms with Gasteiger partial charge in [-0.25, -0.2) is 8.42 Å². The van der Waals surface area contributed by atoms with Crippen molar-refractivity contribution < 1.29 is 8.42 Å². The second-order valence-corrected chi connectivity index (χ2v) is 7.57. The SMILES string of the molecule is CNC(C)C1CCN(S(=O)(=O)c2cccc(C)c2)CC1. The van der Waals surface area contributed by atoms with Crippen molar-refractivity contribution in [1.82, 2.24) is 9.62 Å². The Bertz CT molecular complexity index is 549. The van der Waals surface area contributed by atoms with Gasteiger partial charge in [0.1, 0.15) is 0 Å². The molecule has 112 valence electrons. The Morgan fingerprint density at radius 1 is 1.30 bits per heavy atom. The molecular formula is C15H24N2O2S. The normalized spacial score (nSPS) is 19.9. The van der Waals surface area contributed by atoms with Gasteiger partial charge in [-0.05, 0) is 57.4 Å². The maximum atomic E-state index is 12.6. The van der Waals surface area contributed by atoms with Crippen molar-refractivity contribution in [2.75, 3.05) is 20.1 Å². The molecule has 5 heteroatoms. The van der Waals surface area contributed by atoms with Crippen LogP contribution in [0.1, 0.15) is 25.3 Å². The van der Waals surface area contributed by atoms with Gasteiger partial charge < -0.3 is 5.32 Å². The summed E-state index contributed by atoms with van der Waals surface area (Å²) in [6.45, 7) is 5.31. The average Bonchev–Trinajstić information content (AvgIpc) is 2.46. The summed E-state index contributed by atoms with van der Waals surface area (Å²) in [5.74, 6) is 0.559. The molecular weight excluding hydrogens is 272 g/mol. The number of nitrogens with zero attached hydrogens (tertiary/aromatic N) is 1. The molecule has 0 bridgehead atoms. The Morgan fingerprint density at radius 3 is 2.50 bits per heavy atom. The highest BCUT2D eigenvalue weighted by molar-refractivity contribution is 7.89. The predicted molar refractivity (Wildman–Crippen MR) is 81.2 cm³/mol. The van der Waals surface area contributed by atoms with E-state index < -0.39 is 10.0 Å².